The number of hydrogen-bond acceptors (Lipinski definition) is 6. The molecule has 36 heavy (non-hydrogen) atoms. The molecule has 12 heteroatoms. The van der Waals surface area contributed by atoms with Crippen molar-refractivity contribution < 1.29 is 32.7 Å². The van der Waals surface area contributed by atoms with Gasteiger partial charge in [0.1, 0.15) is 29.5 Å². The zero-order valence-corrected chi connectivity index (χ0v) is 19.4. The molecule has 0 radical (unpaired) electrons. The highest BCUT2D eigenvalue weighted by atomic mass is 19.1. The molecule has 4 heterocycles. The molecular weight excluding hydrogens is 481 g/mol. The molecule has 3 N–H and O–H groups in total. The van der Waals surface area contributed by atoms with Gasteiger partial charge in [0.15, 0.2) is 11.4 Å². The van der Waals surface area contributed by atoms with Crippen molar-refractivity contribution in [1.29, 1.82) is 0 Å². The summed E-state index contributed by atoms with van der Waals surface area (Å²) in [5.74, 6) is -4.07. The summed E-state index contributed by atoms with van der Waals surface area (Å²) in [7, 11) is 0. The monoisotopic (exact) mass is 506 g/mol. The Balaban J connectivity index is 1.61. The summed E-state index contributed by atoms with van der Waals surface area (Å²) in [5.41, 5.74) is 2.52. The number of rotatable bonds is 4. The number of hydrogen-bond donors (Lipinski definition) is 2. The van der Waals surface area contributed by atoms with Crippen molar-refractivity contribution in [3.05, 3.63) is 63.1 Å². The molecular formula is C24H25F3N4O5. The molecule has 3 aliphatic heterocycles. The molecule has 4 atom stereocenters. The Morgan fingerprint density at radius 2 is 2.06 bits per heavy atom. The fourth-order valence-electron chi connectivity index (χ4n) is 5.62. The number of alkyl halides is 1. The minimum atomic E-state index is -1.11. The first-order chi connectivity index (χ1) is 17.1. The quantitative estimate of drug-likeness (QED) is 0.655. The number of carbonyl (C=O) groups is 2. The zero-order valence-electron chi connectivity index (χ0n) is 19.4. The number of benzene rings is 1. The Labute approximate surface area is 203 Å². The van der Waals surface area contributed by atoms with Gasteiger partial charge in [-0.05, 0) is 25.8 Å². The van der Waals surface area contributed by atoms with Gasteiger partial charge in [0.25, 0.3) is 11.8 Å². The lowest BCUT2D eigenvalue weighted by atomic mass is 9.83. The molecule has 5 rings (SSSR count). The highest BCUT2D eigenvalue weighted by Gasteiger charge is 2.56. The highest BCUT2D eigenvalue weighted by molar-refractivity contribution is 5.99. The average Bonchev–Trinajstić information content (AvgIpc) is 3.13. The van der Waals surface area contributed by atoms with Crippen LogP contribution in [-0.4, -0.2) is 62.4 Å². The summed E-state index contributed by atoms with van der Waals surface area (Å²) in [6.45, 7) is 0.974. The van der Waals surface area contributed by atoms with E-state index < -0.39 is 64.5 Å². The van der Waals surface area contributed by atoms with E-state index in [0.717, 1.165) is 18.3 Å². The minimum absolute atomic E-state index is 0.116. The predicted molar refractivity (Wildman–Crippen MR) is 120 cm³/mol. The molecule has 1 aromatic carbocycles. The van der Waals surface area contributed by atoms with Crippen LogP contribution in [0.25, 0.3) is 0 Å². The maximum atomic E-state index is 14.4. The van der Waals surface area contributed by atoms with E-state index in [4.69, 9.17) is 10.6 Å². The normalized spacial score (nSPS) is 27.8. The largest absolute Gasteiger partial charge is 0.503 e. The number of aromatic hydroxyl groups is 1. The van der Waals surface area contributed by atoms with Crippen LogP contribution in [0.1, 0.15) is 58.6 Å². The lowest BCUT2D eigenvalue weighted by Crippen LogP contribution is -2.52. The molecule has 1 unspecified atom stereocenters. The molecule has 2 fully saturated rings. The molecule has 0 aliphatic carbocycles. The van der Waals surface area contributed by atoms with Gasteiger partial charge in [0, 0.05) is 36.8 Å². The van der Waals surface area contributed by atoms with E-state index >= 15 is 0 Å². The van der Waals surface area contributed by atoms with Crippen molar-refractivity contribution in [2.45, 2.75) is 56.5 Å². The fraction of sp³-hybridized carbons (Fsp3) is 0.458. The number of amides is 2. The van der Waals surface area contributed by atoms with Crippen LogP contribution in [0.4, 0.5) is 13.2 Å². The smallest absolute Gasteiger partial charge is 0.274 e. The average molecular weight is 506 g/mol. The first kappa shape index (κ1) is 24.3. The standard InChI is InChI=1S/C24H25F3N4O5/c1-12-4-5-24(7-15(8-25)31(36-24)9-13-2-3-14(26)6-17(13)27)18-11-29(12)23(35)19-21(33)20(32)16(22(28)34)10-30(18)19/h2-3,6,10,12,15,18,33H,4-5,7-9,11H2,1H3,(H2,28,34)/t12-,15?,18+,24+/m0/s1. The van der Waals surface area contributed by atoms with E-state index in [-0.39, 0.29) is 36.8 Å². The number of nitrogens with zero attached hydrogens (tertiary/aromatic N) is 3. The molecule has 192 valence electrons. The molecule has 2 saturated heterocycles. The van der Waals surface area contributed by atoms with E-state index in [1.54, 1.807) is 0 Å². The van der Waals surface area contributed by atoms with Crippen LogP contribution in [0.15, 0.2) is 29.2 Å². The molecule has 1 aromatic heterocycles. The molecule has 2 bridgehead atoms. The topological polar surface area (TPSA) is 118 Å². The minimum Gasteiger partial charge on any atom is -0.503 e. The van der Waals surface area contributed by atoms with Gasteiger partial charge >= 0.3 is 0 Å². The number of aromatic nitrogens is 1. The van der Waals surface area contributed by atoms with Crippen LogP contribution in [0.2, 0.25) is 0 Å². The van der Waals surface area contributed by atoms with Gasteiger partial charge in [-0.25, -0.2) is 13.2 Å². The van der Waals surface area contributed by atoms with Gasteiger partial charge in [0.05, 0.1) is 18.6 Å². The second kappa shape index (κ2) is 8.63. The molecule has 2 aromatic rings. The fourth-order valence-corrected chi connectivity index (χ4v) is 5.62. The summed E-state index contributed by atoms with van der Waals surface area (Å²) < 4.78 is 43.3. The van der Waals surface area contributed by atoms with Crippen molar-refractivity contribution in [3.8, 4) is 5.75 Å². The third-order valence-corrected chi connectivity index (χ3v) is 7.58. The van der Waals surface area contributed by atoms with E-state index in [2.05, 4.69) is 0 Å². The van der Waals surface area contributed by atoms with Crippen molar-refractivity contribution in [3.63, 3.8) is 0 Å². The van der Waals surface area contributed by atoms with E-state index in [1.807, 2.05) is 6.92 Å². The Bertz CT molecular complexity index is 1320. The van der Waals surface area contributed by atoms with Gasteiger partial charge in [-0.1, -0.05) is 6.07 Å². The predicted octanol–water partition coefficient (Wildman–Crippen LogP) is 2.02. The molecule has 2 amide bonds. The van der Waals surface area contributed by atoms with Crippen LogP contribution < -0.4 is 11.2 Å². The second-order valence-electron chi connectivity index (χ2n) is 9.68. The highest BCUT2D eigenvalue weighted by Crippen LogP contribution is 2.49. The van der Waals surface area contributed by atoms with Crippen molar-refractivity contribution in [2.75, 3.05) is 13.2 Å². The lowest BCUT2D eigenvalue weighted by molar-refractivity contribution is -0.228. The van der Waals surface area contributed by atoms with Gasteiger partial charge in [-0.15, -0.1) is 0 Å². The Hall–Kier alpha value is -3.38. The first-order valence-corrected chi connectivity index (χ1v) is 11.6. The van der Waals surface area contributed by atoms with E-state index in [0.29, 0.717) is 12.8 Å². The number of halogens is 3. The number of pyridine rings is 1. The van der Waals surface area contributed by atoms with Gasteiger partial charge in [-0.3, -0.25) is 19.2 Å². The summed E-state index contributed by atoms with van der Waals surface area (Å²) in [5, 5.41) is 12.0. The Morgan fingerprint density at radius 1 is 1.31 bits per heavy atom. The SMILES string of the molecule is C[C@H]1CC[C@@]2(CC(CF)N(Cc3ccc(F)cc3F)O2)[C@H]2CN1C(=O)c1c(O)c(=O)c(C(N)=O)cn12. The molecule has 0 saturated carbocycles. The van der Waals surface area contributed by atoms with Crippen LogP contribution in [0.3, 0.4) is 0 Å². The number of primary amides is 1. The number of carbonyl (C=O) groups excluding carboxylic acids is 2. The van der Waals surface area contributed by atoms with Crippen LogP contribution in [0.5, 0.6) is 5.75 Å². The molecule has 9 nitrogen and oxygen atoms in total. The van der Waals surface area contributed by atoms with E-state index in [1.165, 1.54) is 20.6 Å². The third-order valence-electron chi connectivity index (χ3n) is 7.58. The van der Waals surface area contributed by atoms with Crippen LogP contribution in [-0.2, 0) is 11.4 Å². The van der Waals surface area contributed by atoms with Crippen molar-refractivity contribution in [2.24, 2.45) is 5.73 Å². The van der Waals surface area contributed by atoms with Crippen molar-refractivity contribution in [1.82, 2.24) is 14.5 Å². The van der Waals surface area contributed by atoms with Crippen LogP contribution in [0, 0.1) is 11.6 Å². The maximum Gasteiger partial charge on any atom is 0.274 e. The summed E-state index contributed by atoms with van der Waals surface area (Å²) in [6.07, 6.45) is 2.15. The van der Waals surface area contributed by atoms with E-state index in [9.17, 15) is 32.7 Å². The molecule has 1 spiro atoms. The second-order valence-corrected chi connectivity index (χ2v) is 9.68. The van der Waals surface area contributed by atoms with Crippen molar-refractivity contribution >= 4 is 11.8 Å². The van der Waals surface area contributed by atoms with Gasteiger partial charge in [-0.2, -0.15) is 5.06 Å². The zero-order chi connectivity index (χ0) is 25.9. The maximum absolute atomic E-state index is 14.4. The third kappa shape index (κ3) is 3.66. The molecule has 3 aliphatic rings. The Kier molecular flexibility index (Phi) is 5.83. The lowest BCUT2D eigenvalue weighted by Gasteiger charge is -2.42. The summed E-state index contributed by atoms with van der Waals surface area (Å²) in [4.78, 5) is 45.6. The number of nitrogens with two attached hydrogens (primary N) is 1. The number of hydroxylamine groups is 2. The van der Waals surface area contributed by atoms with Gasteiger partial charge in [0.2, 0.25) is 5.43 Å². The van der Waals surface area contributed by atoms with Gasteiger partial charge < -0.3 is 20.3 Å². The summed E-state index contributed by atoms with van der Waals surface area (Å²) in [6, 6.07) is 1.34. The number of fused-ring (bicyclic) bond motifs is 5. The Morgan fingerprint density at radius 3 is 2.72 bits per heavy atom. The summed E-state index contributed by atoms with van der Waals surface area (Å²) >= 11 is 0. The first-order valence-electron chi connectivity index (χ1n) is 11.6. The van der Waals surface area contributed by atoms with Crippen LogP contribution >= 0.6 is 0 Å².